The van der Waals surface area contributed by atoms with Gasteiger partial charge in [0.25, 0.3) is 0 Å². The lowest BCUT2D eigenvalue weighted by Crippen LogP contribution is -2.45. The Hall–Kier alpha value is -0.0800. The van der Waals surface area contributed by atoms with E-state index in [1.165, 1.54) is 38.5 Å². The zero-order valence-corrected chi connectivity index (χ0v) is 10.8. The molecule has 2 aliphatic rings. The number of hydrogen-bond acceptors (Lipinski definition) is 2. The molecule has 0 aliphatic heterocycles. The van der Waals surface area contributed by atoms with Crippen molar-refractivity contribution < 1.29 is 4.74 Å². The molecule has 2 aliphatic carbocycles. The van der Waals surface area contributed by atoms with Crippen molar-refractivity contribution in [3.8, 4) is 0 Å². The monoisotopic (exact) mass is 225 g/mol. The summed E-state index contributed by atoms with van der Waals surface area (Å²) in [5.74, 6) is 2.35. The molecule has 4 atom stereocenters. The van der Waals surface area contributed by atoms with Crippen molar-refractivity contribution in [3.05, 3.63) is 0 Å². The molecule has 4 unspecified atom stereocenters. The van der Waals surface area contributed by atoms with Crippen LogP contribution >= 0.6 is 0 Å². The number of hydrogen-bond donors (Lipinski definition) is 1. The molecule has 2 saturated carbocycles. The predicted octanol–water partition coefficient (Wildman–Crippen LogP) is 2.96. The maximum Gasteiger partial charge on any atom is 0.0756 e. The van der Waals surface area contributed by atoms with Crippen LogP contribution in [0.25, 0.3) is 0 Å². The summed E-state index contributed by atoms with van der Waals surface area (Å²) in [6.07, 6.45) is 8.41. The van der Waals surface area contributed by atoms with Crippen LogP contribution in [0.5, 0.6) is 0 Å². The highest BCUT2D eigenvalue weighted by molar-refractivity contribution is 4.93. The normalized spacial score (nSPS) is 34.7. The third-order valence-corrected chi connectivity index (χ3v) is 4.35. The van der Waals surface area contributed by atoms with Crippen molar-refractivity contribution in [2.24, 2.45) is 23.5 Å². The van der Waals surface area contributed by atoms with Crippen LogP contribution in [0.1, 0.15) is 52.4 Å². The van der Waals surface area contributed by atoms with Gasteiger partial charge in [0.05, 0.1) is 6.10 Å². The molecule has 0 aromatic rings. The molecule has 0 spiro atoms. The predicted molar refractivity (Wildman–Crippen MR) is 67.2 cm³/mol. The van der Waals surface area contributed by atoms with Gasteiger partial charge in [0.15, 0.2) is 0 Å². The van der Waals surface area contributed by atoms with Crippen molar-refractivity contribution in [1.29, 1.82) is 0 Å². The largest absolute Gasteiger partial charge is 0.377 e. The Balaban J connectivity index is 1.89. The second-order valence-corrected chi connectivity index (χ2v) is 5.87. The van der Waals surface area contributed by atoms with E-state index in [1.807, 2.05) is 0 Å². The molecule has 0 radical (unpaired) electrons. The van der Waals surface area contributed by atoms with Gasteiger partial charge < -0.3 is 10.5 Å². The lowest BCUT2D eigenvalue weighted by atomic mass is 9.77. The summed E-state index contributed by atoms with van der Waals surface area (Å²) in [4.78, 5) is 0. The molecule has 0 bridgehead atoms. The van der Waals surface area contributed by atoms with Crippen LogP contribution in [0.15, 0.2) is 0 Å². The molecule has 2 fully saturated rings. The van der Waals surface area contributed by atoms with Gasteiger partial charge in [0, 0.05) is 12.6 Å². The first-order valence-electron chi connectivity index (χ1n) is 7.09. The van der Waals surface area contributed by atoms with Crippen molar-refractivity contribution >= 4 is 0 Å². The molecule has 0 aromatic carbocycles. The molecule has 16 heavy (non-hydrogen) atoms. The van der Waals surface area contributed by atoms with Gasteiger partial charge >= 0.3 is 0 Å². The Labute approximate surface area is 99.9 Å². The quantitative estimate of drug-likeness (QED) is 0.780. The van der Waals surface area contributed by atoms with E-state index in [0.29, 0.717) is 12.0 Å². The first-order valence-corrected chi connectivity index (χ1v) is 7.09. The Morgan fingerprint density at radius 3 is 2.50 bits per heavy atom. The van der Waals surface area contributed by atoms with Crippen molar-refractivity contribution in [2.45, 2.75) is 64.5 Å². The van der Waals surface area contributed by atoms with Gasteiger partial charge in [-0.05, 0) is 50.4 Å². The average Bonchev–Trinajstić information content (AvgIpc) is 3.09. The zero-order valence-electron chi connectivity index (χ0n) is 10.8. The molecular formula is C14H27NO. The second kappa shape index (κ2) is 5.50. The van der Waals surface area contributed by atoms with Crippen molar-refractivity contribution in [1.82, 2.24) is 0 Å². The summed E-state index contributed by atoms with van der Waals surface area (Å²) in [7, 11) is 0. The van der Waals surface area contributed by atoms with E-state index in [1.54, 1.807) is 0 Å². The molecule has 0 amide bonds. The molecule has 94 valence electrons. The zero-order chi connectivity index (χ0) is 11.5. The highest BCUT2D eigenvalue weighted by atomic mass is 16.5. The molecule has 2 nitrogen and oxygen atoms in total. The van der Waals surface area contributed by atoms with Gasteiger partial charge in [-0.1, -0.05) is 19.8 Å². The van der Waals surface area contributed by atoms with Crippen LogP contribution < -0.4 is 5.73 Å². The van der Waals surface area contributed by atoms with E-state index in [9.17, 15) is 0 Å². The summed E-state index contributed by atoms with van der Waals surface area (Å²) in [5, 5.41) is 0. The van der Waals surface area contributed by atoms with Crippen LogP contribution in [0.2, 0.25) is 0 Å². The van der Waals surface area contributed by atoms with E-state index in [4.69, 9.17) is 10.5 Å². The standard InChI is InChI=1S/C14H27NO/c1-3-16-14(11-7-8-11)13(15)12-6-4-5-10(2)9-12/h10-14H,3-9,15H2,1-2H3. The van der Waals surface area contributed by atoms with Gasteiger partial charge in [-0.25, -0.2) is 0 Å². The van der Waals surface area contributed by atoms with Gasteiger partial charge in [-0.2, -0.15) is 0 Å². The fourth-order valence-electron chi connectivity index (χ4n) is 3.28. The SMILES string of the molecule is CCOC(C1CC1)C(N)C1CCCC(C)C1. The lowest BCUT2D eigenvalue weighted by molar-refractivity contribution is 0.00639. The minimum absolute atomic E-state index is 0.287. The van der Waals surface area contributed by atoms with Crippen LogP contribution in [-0.2, 0) is 4.74 Å². The Morgan fingerprint density at radius 2 is 1.94 bits per heavy atom. The highest BCUT2D eigenvalue weighted by Crippen LogP contribution is 2.40. The molecule has 2 rings (SSSR count). The summed E-state index contributed by atoms with van der Waals surface area (Å²) in [5.41, 5.74) is 6.46. The molecule has 2 N–H and O–H groups in total. The third kappa shape index (κ3) is 2.98. The maximum absolute atomic E-state index is 6.46. The number of rotatable bonds is 5. The molecule has 0 aromatic heterocycles. The highest BCUT2D eigenvalue weighted by Gasteiger charge is 2.39. The van der Waals surface area contributed by atoms with Gasteiger partial charge in [0.2, 0.25) is 0 Å². The Kier molecular flexibility index (Phi) is 4.26. The fourth-order valence-corrected chi connectivity index (χ4v) is 3.28. The van der Waals surface area contributed by atoms with E-state index in [-0.39, 0.29) is 6.04 Å². The molecule has 0 saturated heterocycles. The van der Waals surface area contributed by atoms with E-state index < -0.39 is 0 Å². The van der Waals surface area contributed by atoms with Crippen LogP contribution in [-0.4, -0.2) is 18.8 Å². The van der Waals surface area contributed by atoms with Crippen molar-refractivity contribution in [3.63, 3.8) is 0 Å². The van der Waals surface area contributed by atoms with E-state index in [2.05, 4.69) is 13.8 Å². The second-order valence-electron chi connectivity index (χ2n) is 5.87. The first kappa shape index (κ1) is 12.4. The van der Waals surface area contributed by atoms with Crippen LogP contribution in [0.4, 0.5) is 0 Å². The maximum atomic E-state index is 6.46. The molecule has 0 heterocycles. The smallest absolute Gasteiger partial charge is 0.0756 e. The van der Waals surface area contributed by atoms with Gasteiger partial charge in [-0.3, -0.25) is 0 Å². The lowest BCUT2D eigenvalue weighted by Gasteiger charge is -2.35. The third-order valence-electron chi connectivity index (χ3n) is 4.35. The summed E-state index contributed by atoms with van der Waals surface area (Å²) >= 11 is 0. The molecular weight excluding hydrogens is 198 g/mol. The van der Waals surface area contributed by atoms with E-state index >= 15 is 0 Å². The fraction of sp³-hybridized carbons (Fsp3) is 1.00. The summed E-state index contributed by atoms with van der Waals surface area (Å²) in [6.45, 7) is 5.27. The van der Waals surface area contributed by atoms with E-state index in [0.717, 1.165) is 18.4 Å². The average molecular weight is 225 g/mol. The first-order chi connectivity index (χ1) is 7.72. The summed E-state index contributed by atoms with van der Waals surface area (Å²) < 4.78 is 5.89. The van der Waals surface area contributed by atoms with Crippen molar-refractivity contribution in [2.75, 3.05) is 6.61 Å². The minimum Gasteiger partial charge on any atom is -0.377 e. The van der Waals surface area contributed by atoms with Gasteiger partial charge in [0.1, 0.15) is 0 Å². The Morgan fingerprint density at radius 1 is 1.19 bits per heavy atom. The summed E-state index contributed by atoms with van der Waals surface area (Å²) in [6, 6.07) is 0.287. The molecule has 2 heteroatoms. The Bertz CT molecular complexity index is 215. The van der Waals surface area contributed by atoms with Crippen LogP contribution in [0.3, 0.4) is 0 Å². The van der Waals surface area contributed by atoms with Crippen LogP contribution in [0, 0.1) is 17.8 Å². The van der Waals surface area contributed by atoms with Gasteiger partial charge in [-0.15, -0.1) is 0 Å². The topological polar surface area (TPSA) is 35.2 Å². The number of nitrogens with two attached hydrogens (primary N) is 1. The number of ether oxygens (including phenoxy) is 1. The minimum atomic E-state index is 0.287.